The van der Waals surface area contributed by atoms with Gasteiger partial charge in [0.25, 0.3) is 0 Å². The first-order chi connectivity index (χ1) is 11.7. The lowest BCUT2D eigenvalue weighted by Crippen LogP contribution is -2.36. The fourth-order valence-electron chi connectivity index (χ4n) is 2.84. The van der Waals surface area contributed by atoms with Crippen molar-refractivity contribution in [3.8, 4) is 11.5 Å². The summed E-state index contributed by atoms with van der Waals surface area (Å²) in [5.41, 5.74) is 2.37. The summed E-state index contributed by atoms with van der Waals surface area (Å²) in [6.45, 7) is 1.48. The van der Waals surface area contributed by atoms with Crippen molar-refractivity contribution in [1.82, 2.24) is 10.2 Å². The number of rotatable bonds is 5. The lowest BCUT2D eigenvalue weighted by atomic mass is 10.1. The van der Waals surface area contributed by atoms with Crippen LogP contribution in [0.3, 0.4) is 0 Å². The Kier molecular flexibility index (Phi) is 6.92. The molecule has 2 aromatic rings. The number of methoxy groups -OCH3 is 2. The summed E-state index contributed by atoms with van der Waals surface area (Å²) in [5, 5.41) is 3.50. The van der Waals surface area contributed by atoms with E-state index in [1.807, 2.05) is 31.3 Å². The van der Waals surface area contributed by atoms with Gasteiger partial charge in [0.15, 0.2) is 5.96 Å². The largest absolute Gasteiger partial charge is 0.497 e. The zero-order valence-electron chi connectivity index (χ0n) is 14.7. The van der Waals surface area contributed by atoms with Crippen LogP contribution in [0.1, 0.15) is 17.2 Å². The van der Waals surface area contributed by atoms with Crippen LogP contribution in [0.2, 0.25) is 0 Å². The summed E-state index contributed by atoms with van der Waals surface area (Å²) in [6.07, 6.45) is 0. The smallest absolute Gasteiger partial charge is 0.194 e. The van der Waals surface area contributed by atoms with Crippen LogP contribution in [0, 0.1) is 0 Å². The highest BCUT2D eigenvalue weighted by molar-refractivity contribution is 14.0. The standard InChI is InChI=1S/C19H23N3O2.HI/c1-22(13-14-9-16(23-2)11-17(10-14)24-3)19-20-12-18(21-19)15-7-5-4-6-8-15;/h4-11,18H,12-13H2,1-3H3,(H,20,21);1H. The van der Waals surface area contributed by atoms with Gasteiger partial charge in [-0.25, -0.2) is 0 Å². The Morgan fingerprint density at radius 1 is 1.08 bits per heavy atom. The van der Waals surface area contributed by atoms with Crippen molar-refractivity contribution in [1.29, 1.82) is 0 Å². The number of guanidine groups is 1. The Morgan fingerprint density at radius 3 is 2.32 bits per heavy atom. The number of aliphatic imine (C=N–C) groups is 1. The summed E-state index contributed by atoms with van der Waals surface area (Å²) < 4.78 is 10.7. The van der Waals surface area contributed by atoms with Gasteiger partial charge in [-0.05, 0) is 23.3 Å². The van der Waals surface area contributed by atoms with E-state index in [4.69, 9.17) is 9.47 Å². The third kappa shape index (κ3) is 4.78. The predicted octanol–water partition coefficient (Wildman–Crippen LogP) is 3.45. The molecule has 1 N–H and O–H groups in total. The van der Waals surface area contributed by atoms with Crippen molar-refractivity contribution in [2.24, 2.45) is 4.99 Å². The van der Waals surface area contributed by atoms with Crippen molar-refractivity contribution >= 4 is 29.9 Å². The highest BCUT2D eigenvalue weighted by atomic mass is 127. The summed E-state index contributed by atoms with van der Waals surface area (Å²) in [7, 11) is 5.36. The van der Waals surface area contributed by atoms with E-state index in [0.717, 1.165) is 36.1 Å². The molecule has 134 valence electrons. The average Bonchev–Trinajstić information content (AvgIpc) is 3.12. The summed E-state index contributed by atoms with van der Waals surface area (Å²) in [6, 6.07) is 16.5. The van der Waals surface area contributed by atoms with Gasteiger partial charge in [0.1, 0.15) is 11.5 Å². The number of benzene rings is 2. The Labute approximate surface area is 166 Å². The summed E-state index contributed by atoms with van der Waals surface area (Å²) in [5.74, 6) is 2.49. The van der Waals surface area contributed by atoms with Crippen molar-refractivity contribution in [2.45, 2.75) is 12.6 Å². The van der Waals surface area contributed by atoms with Crippen LogP contribution in [0.4, 0.5) is 0 Å². The van der Waals surface area contributed by atoms with E-state index in [2.05, 4.69) is 39.5 Å². The van der Waals surface area contributed by atoms with Gasteiger partial charge in [-0.15, -0.1) is 24.0 Å². The minimum atomic E-state index is 0. The molecule has 25 heavy (non-hydrogen) atoms. The fraction of sp³-hybridized carbons (Fsp3) is 0.316. The van der Waals surface area contributed by atoms with Crippen LogP contribution >= 0.6 is 24.0 Å². The second kappa shape index (κ2) is 8.94. The summed E-state index contributed by atoms with van der Waals surface area (Å²) in [4.78, 5) is 6.75. The van der Waals surface area contributed by atoms with Crippen LogP contribution in [-0.2, 0) is 6.54 Å². The highest BCUT2D eigenvalue weighted by Crippen LogP contribution is 2.24. The lowest BCUT2D eigenvalue weighted by molar-refractivity contribution is 0.391. The van der Waals surface area contributed by atoms with Crippen molar-refractivity contribution in [3.05, 3.63) is 59.7 Å². The van der Waals surface area contributed by atoms with Gasteiger partial charge < -0.3 is 19.7 Å². The van der Waals surface area contributed by atoms with Crippen LogP contribution in [0.15, 0.2) is 53.5 Å². The molecule has 0 amide bonds. The minimum absolute atomic E-state index is 0. The molecule has 0 saturated heterocycles. The molecule has 1 atom stereocenters. The highest BCUT2D eigenvalue weighted by Gasteiger charge is 2.21. The maximum absolute atomic E-state index is 5.33. The molecule has 3 rings (SSSR count). The van der Waals surface area contributed by atoms with Gasteiger partial charge in [0.2, 0.25) is 0 Å². The van der Waals surface area contributed by atoms with Crippen LogP contribution < -0.4 is 14.8 Å². The molecule has 0 aliphatic carbocycles. The Morgan fingerprint density at radius 2 is 1.72 bits per heavy atom. The van der Waals surface area contributed by atoms with Gasteiger partial charge in [0, 0.05) is 19.7 Å². The van der Waals surface area contributed by atoms with Crippen molar-refractivity contribution in [3.63, 3.8) is 0 Å². The van der Waals surface area contributed by atoms with E-state index >= 15 is 0 Å². The first-order valence-corrected chi connectivity index (χ1v) is 7.98. The molecule has 1 heterocycles. The lowest BCUT2D eigenvalue weighted by Gasteiger charge is -2.21. The van der Waals surface area contributed by atoms with Crippen molar-refractivity contribution in [2.75, 3.05) is 27.8 Å². The maximum Gasteiger partial charge on any atom is 0.194 e. The van der Waals surface area contributed by atoms with Crippen LogP contribution in [0.5, 0.6) is 11.5 Å². The van der Waals surface area contributed by atoms with E-state index < -0.39 is 0 Å². The number of ether oxygens (including phenoxy) is 2. The number of nitrogens with one attached hydrogen (secondary N) is 1. The van der Waals surface area contributed by atoms with Crippen LogP contribution in [0.25, 0.3) is 0 Å². The average molecular weight is 453 g/mol. The topological polar surface area (TPSA) is 46.1 Å². The molecular formula is C19H24IN3O2. The Bertz CT molecular complexity index is 700. The molecule has 0 saturated carbocycles. The molecule has 6 heteroatoms. The Balaban J connectivity index is 0.00000225. The van der Waals surface area contributed by atoms with E-state index in [0.29, 0.717) is 0 Å². The number of hydrogen-bond acceptors (Lipinski definition) is 5. The first kappa shape index (κ1) is 19.4. The SMILES string of the molecule is COc1cc(CN(C)C2=NCC(c3ccccc3)N2)cc(OC)c1.I. The molecule has 2 aromatic carbocycles. The third-order valence-corrected chi connectivity index (χ3v) is 4.12. The quantitative estimate of drug-likeness (QED) is 0.705. The molecule has 0 radical (unpaired) electrons. The molecule has 0 bridgehead atoms. The zero-order valence-corrected chi connectivity index (χ0v) is 17.1. The Hall–Kier alpha value is -1.96. The second-order valence-electron chi connectivity index (χ2n) is 5.85. The normalized spacial score (nSPS) is 15.6. The predicted molar refractivity (Wildman–Crippen MR) is 111 cm³/mol. The molecule has 5 nitrogen and oxygen atoms in total. The second-order valence-corrected chi connectivity index (χ2v) is 5.85. The van der Waals surface area contributed by atoms with Crippen molar-refractivity contribution < 1.29 is 9.47 Å². The molecule has 0 fully saturated rings. The van der Waals surface area contributed by atoms with Gasteiger partial charge in [0.05, 0.1) is 26.8 Å². The molecule has 0 aromatic heterocycles. The monoisotopic (exact) mass is 453 g/mol. The van der Waals surface area contributed by atoms with E-state index in [1.165, 1.54) is 5.56 Å². The minimum Gasteiger partial charge on any atom is -0.497 e. The van der Waals surface area contributed by atoms with E-state index in [-0.39, 0.29) is 30.0 Å². The molecule has 1 unspecified atom stereocenters. The van der Waals surface area contributed by atoms with E-state index in [9.17, 15) is 0 Å². The van der Waals surface area contributed by atoms with Gasteiger partial charge >= 0.3 is 0 Å². The number of nitrogens with zero attached hydrogens (tertiary/aromatic N) is 2. The number of halogens is 1. The molecule has 1 aliphatic rings. The zero-order chi connectivity index (χ0) is 16.9. The summed E-state index contributed by atoms with van der Waals surface area (Å²) >= 11 is 0. The fourth-order valence-corrected chi connectivity index (χ4v) is 2.84. The van der Waals surface area contributed by atoms with Gasteiger partial charge in [-0.3, -0.25) is 4.99 Å². The van der Waals surface area contributed by atoms with Gasteiger partial charge in [-0.2, -0.15) is 0 Å². The third-order valence-electron chi connectivity index (χ3n) is 4.12. The molecular weight excluding hydrogens is 429 g/mol. The van der Waals surface area contributed by atoms with Gasteiger partial charge in [-0.1, -0.05) is 30.3 Å². The van der Waals surface area contributed by atoms with E-state index in [1.54, 1.807) is 14.2 Å². The number of hydrogen-bond donors (Lipinski definition) is 1. The molecule has 0 spiro atoms. The molecule has 1 aliphatic heterocycles. The maximum atomic E-state index is 5.33. The van der Waals surface area contributed by atoms with Crippen LogP contribution in [-0.4, -0.2) is 38.7 Å². The first-order valence-electron chi connectivity index (χ1n) is 7.98.